The molecular weight excluding hydrogens is 394 g/mol. The lowest BCUT2D eigenvalue weighted by molar-refractivity contribution is -0.162. The third-order valence-electron chi connectivity index (χ3n) is 6.18. The maximum atomic E-state index is 12.4. The number of amides is 1. The SMILES string of the molecule is CC(C)(C)OC(=O)C1CCN([C@@H](N)C2CCN(C(=O)OCc3ccccc3)CC2)CC1. The Morgan fingerprint density at radius 1 is 1.03 bits per heavy atom. The maximum absolute atomic E-state index is 12.4. The van der Waals surface area contributed by atoms with E-state index in [0.717, 1.165) is 44.3 Å². The highest BCUT2D eigenvalue weighted by Crippen LogP contribution is 2.27. The highest BCUT2D eigenvalue weighted by molar-refractivity contribution is 5.73. The molecule has 1 aromatic rings. The summed E-state index contributed by atoms with van der Waals surface area (Å²) < 4.78 is 11.0. The van der Waals surface area contributed by atoms with Crippen molar-refractivity contribution in [1.82, 2.24) is 9.80 Å². The molecule has 7 heteroatoms. The van der Waals surface area contributed by atoms with Crippen LogP contribution in [0.15, 0.2) is 30.3 Å². The number of benzene rings is 1. The summed E-state index contributed by atoms with van der Waals surface area (Å²) >= 11 is 0. The van der Waals surface area contributed by atoms with E-state index in [4.69, 9.17) is 15.2 Å². The Morgan fingerprint density at radius 3 is 2.23 bits per heavy atom. The zero-order chi connectivity index (χ0) is 22.4. The minimum atomic E-state index is -0.444. The van der Waals surface area contributed by atoms with Gasteiger partial charge in [-0.1, -0.05) is 30.3 Å². The number of esters is 1. The van der Waals surface area contributed by atoms with Gasteiger partial charge < -0.3 is 20.1 Å². The monoisotopic (exact) mass is 431 g/mol. The van der Waals surface area contributed by atoms with Crippen LogP contribution in [0, 0.1) is 11.8 Å². The van der Waals surface area contributed by atoms with Gasteiger partial charge in [-0.3, -0.25) is 9.69 Å². The number of nitrogens with two attached hydrogens (primary N) is 1. The van der Waals surface area contributed by atoms with Crippen LogP contribution in [-0.4, -0.2) is 59.8 Å². The van der Waals surface area contributed by atoms with E-state index in [1.165, 1.54) is 0 Å². The summed E-state index contributed by atoms with van der Waals surface area (Å²) in [6.07, 6.45) is 3.01. The first kappa shape index (κ1) is 23.5. The van der Waals surface area contributed by atoms with Crippen LogP contribution in [-0.2, 0) is 20.9 Å². The maximum Gasteiger partial charge on any atom is 0.410 e. The van der Waals surface area contributed by atoms with Crippen LogP contribution in [0.1, 0.15) is 52.0 Å². The molecular formula is C24H37N3O4. The first-order valence-corrected chi connectivity index (χ1v) is 11.4. The fourth-order valence-electron chi connectivity index (χ4n) is 4.35. The Labute approximate surface area is 185 Å². The van der Waals surface area contributed by atoms with Crippen LogP contribution in [0.2, 0.25) is 0 Å². The summed E-state index contributed by atoms with van der Waals surface area (Å²) in [5, 5.41) is 0. The number of rotatable bonds is 5. The topological polar surface area (TPSA) is 85.1 Å². The molecule has 0 unspecified atom stereocenters. The van der Waals surface area contributed by atoms with Gasteiger partial charge >= 0.3 is 12.1 Å². The lowest BCUT2D eigenvalue weighted by Crippen LogP contribution is -2.54. The van der Waals surface area contributed by atoms with E-state index in [-0.39, 0.29) is 24.1 Å². The van der Waals surface area contributed by atoms with E-state index in [0.29, 0.717) is 25.6 Å². The molecule has 2 aliphatic heterocycles. The number of hydrogen-bond donors (Lipinski definition) is 1. The molecule has 7 nitrogen and oxygen atoms in total. The molecule has 2 fully saturated rings. The zero-order valence-electron chi connectivity index (χ0n) is 19.1. The van der Waals surface area contributed by atoms with Crippen LogP contribution in [0.4, 0.5) is 4.79 Å². The van der Waals surface area contributed by atoms with Gasteiger partial charge in [-0.2, -0.15) is 0 Å². The summed E-state index contributed by atoms with van der Waals surface area (Å²) in [5.74, 6) is 0.211. The molecule has 2 N–H and O–H groups in total. The second-order valence-corrected chi connectivity index (χ2v) is 9.70. The summed E-state index contributed by atoms with van der Waals surface area (Å²) in [6, 6.07) is 9.72. The predicted molar refractivity (Wildman–Crippen MR) is 119 cm³/mol. The van der Waals surface area contributed by atoms with E-state index in [1.54, 1.807) is 4.90 Å². The van der Waals surface area contributed by atoms with Gasteiger partial charge in [-0.25, -0.2) is 4.79 Å². The predicted octanol–water partition coefficient (Wildman–Crippen LogP) is 3.37. The Bertz CT molecular complexity index is 718. The van der Waals surface area contributed by atoms with Crippen LogP contribution in [0.5, 0.6) is 0 Å². The van der Waals surface area contributed by atoms with Crippen molar-refractivity contribution >= 4 is 12.1 Å². The molecule has 0 aliphatic carbocycles. The van der Waals surface area contributed by atoms with Gasteiger partial charge in [0, 0.05) is 26.2 Å². The third-order valence-corrected chi connectivity index (χ3v) is 6.18. The van der Waals surface area contributed by atoms with Gasteiger partial charge in [-0.15, -0.1) is 0 Å². The zero-order valence-corrected chi connectivity index (χ0v) is 19.1. The third kappa shape index (κ3) is 6.94. The Hall–Kier alpha value is -2.12. The second-order valence-electron chi connectivity index (χ2n) is 9.70. The van der Waals surface area contributed by atoms with E-state index in [9.17, 15) is 9.59 Å². The van der Waals surface area contributed by atoms with Crippen molar-refractivity contribution < 1.29 is 19.1 Å². The number of likely N-dealkylation sites (tertiary alicyclic amines) is 2. The molecule has 1 atom stereocenters. The molecule has 1 aromatic carbocycles. The van der Waals surface area contributed by atoms with Crippen molar-refractivity contribution in [1.29, 1.82) is 0 Å². The molecule has 0 spiro atoms. The molecule has 2 heterocycles. The van der Waals surface area contributed by atoms with Crippen molar-refractivity contribution in [2.24, 2.45) is 17.6 Å². The van der Waals surface area contributed by atoms with Gasteiger partial charge in [0.25, 0.3) is 0 Å². The van der Waals surface area contributed by atoms with Crippen LogP contribution < -0.4 is 5.73 Å². The summed E-state index contributed by atoms with van der Waals surface area (Å²) in [7, 11) is 0. The normalized spacial score (nSPS) is 20.3. The molecule has 3 rings (SSSR count). The van der Waals surface area contributed by atoms with E-state index < -0.39 is 5.60 Å². The van der Waals surface area contributed by atoms with Crippen LogP contribution in [0.3, 0.4) is 0 Å². The Morgan fingerprint density at radius 2 is 1.65 bits per heavy atom. The number of hydrogen-bond acceptors (Lipinski definition) is 6. The minimum absolute atomic E-state index is 0.0380. The Balaban J connectivity index is 1.39. The molecule has 2 saturated heterocycles. The highest BCUT2D eigenvalue weighted by atomic mass is 16.6. The molecule has 0 radical (unpaired) electrons. The summed E-state index contributed by atoms with van der Waals surface area (Å²) in [5.41, 5.74) is 7.12. The largest absolute Gasteiger partial charge is 0.460 e. The van der Waals surface area contributed by atoms with Crippen molar-refractivity contribution in [3.8, 4) is 0 Å². The van der Waals surface area contributed by atoms with Crippen molar-refractivity contribution in [2.75, 3.05) is 26.2 Å². The fraction of sp³-hybridized carbons (Fsp3) is 0.667. The molecule has 172 valence electrons. The molecule has 31 heavy (non-hydrogen) atoms. The standard InChI is InChI=1S/C24H37N3O4/c1-24(2,3)31-22(28)20-11-13-26(14-12-20)21(25)19-9-15-27(16-10-19)23(29)30-17-18-7-5-4-6-8-18/h4-8,19-21H,9-17,25H2,1-3H3/t21-/m1/s1. The number of carbonyl (C=O) groups is 2. The average Bonchev–Trinajstić information content (AvgIpc) is 2.77. The van der Waals surface area contributed by atoms with Crippen LogP contribution >= 0.6 is 0 Å². The first-order chi connectivity index (χ1) is 14.7. The van der Waals surface area contributed by atoms with Gasteiger partial charge in [-0.05, 0) is 57.9 Å². The summed E-state index contributed by atoms with van der Waals surface area (Å²) in [6.45, 7) is 8.96. The highest BCUT2D eigenvalue weighted by Gasteiger charge is 2.34. The molecule has 0 saturated carbocycles. The fourth-order valence-corrected chi connectivity index (χ4v) is 4.35. The second kappa shape index (κ2) is 10.5. The number of carbonyl (C=O) groups excluding carboxylic acids is 2. The lowest BCUT2D eigenvalue weighted by Gasteiger charge is -2.41. The van der Waals surface area contributed by atoms with E-state index >= 15 is 0 Å². The number of ether oxygens (including phenoxy) is 2. The smallest absolute Gasteiger partial charge is 0.410 e. The number of nitrogens with zero attached hydrogens (tertiary/aromatic N) is 2. The van der Waals surface area contributed by atoms with Gasteiger partial charge in [0.05, 0.1) is 12.1 Å². The first-order valence-electron chi connectivity index (χ1n) is 11.4. The van der Waals surface area contributed by atoms with Crippen molar-refractivity contribution in [2.45, 2.75) is 64.8 Å². The quantitative estimate of drug-likeness (QED) is 0.720. The van der Waals surface area contributed by atoms with Crippen molar-refractivity contribution in [3.63, 3.8) is 0 Å². The molecule has 1 amide bonds. The van der Waals surface area contributed by atoms with E-state index in [1.807, 2.05) is 51.1 Å². The summed E-state index contributed by atoms with van der Waals surface area (Å²) in [4.78, 5) is 28.7. The minimum Gasteiger partial charge on any atom is -0.460 e. The van der Waals surface area contributed by atoms with Gasteiger partial charge in [0.2, 0.25) is 0 Å². The Kier molecular flexibility index (Phi) is 7.94. The van der Waals surface area contributed by atoms with Crippen LogP contribution in [0.25, 0.3) is 0 Å². The van der Waals surface area contributed by atoms with E-state index in [2.05, 4.69) is 4.90 Å². The molecule has 0 bridgehead atoms. The van der Waals surface area contributed by atoms with Crippen molar-refractivity contribution in [3.05, 3.63) is 35.9 Å². The number of piperidine rings is 2. The average molecular weight is 432 g/mol. The molecule has 0 aromatic heterocycles. The molecule has 2 aliphatic rings. The lowest BCUT2D eigenvalue weighted by atomic mass is 9.90. The van der Waals surface area contributed by atoms with Gasteiger partial charge in [0.15, 0.2) is 0 Å². The van der Waals surface area contributed by atoms with Gasteiger partial charge in [0.1, 0.15) is 12.2 Å².